The van der Waals surface area contributed by atoms with Gasteiger partial charge in [-0.15, -0.1) is 0 Å². The van der Waals surface area contributed by atoms with E-state index in [-0.39, 0.29) is 5.91 Å². The summed E-state index contributed by atoms with van der Waals surface area (Å²) < 4.78 is 6.09. The molecule has 2 aromatic rings. The number of nitrogens with zero attached hydrogens (tertiary/aromatic N) is 1. The number of hydrogen-bond donors (Lipinski definition) is 1. The summed E-state index contributed by atoms with van der Waals surface area (Å²) in [5.41, 5.74) is 1.51. The molecule has 0 spiro atoms. The Morgan fingerprint density at radius 3 is 2.58 bits per heavy atom. The highest BCUT2D eigenvalue weighted by Crippen LogP contribution is 2.16. The highest BCUT2D eigenvalue weighted by Gasteiger charge is 2.09. The zero-order valence-electron chi connectivity index (χ0n) is 10.6. The van der Waals surface area contributed by atoms with Crippen LogP contribution in [-0.2, 0) is 0 Å². The maximum atomic E-state index is 12.1. The molecule has 19 heavy (non-hydrogen) atoms. The minimum absolute atomic E-state index is 0.181. The van der Waals surface area contributed by atoms with Crippen molar-refractivity contribution in [3.05, 3.63) is 51.2 Å². The van der Waals surface area contributed by atoms with Crippen molar-refractivity contribution in [1.29, 1.82) is 0 Å². The number of carbonyl (C=O) groups is 1. The Morgan fingerprint density at radius 1 is 1.32 bits per heavy atom. The van der Waals surface area contributed by atoms with Gasteiger partial charge in [0.2, 0.25) is 0 Å². The monoisotopic (exact) mass is 368 g/mol. The Kier molecular flexibility index (Phi) is 4.36. The van der Waals surface area contributed by atoms with Crippen LogP contribution >= 0.6 is 22.6 Å². The Bertz CT molecular complexity index is 597. The van der Waals surface area contributed by atoms with Gasteiger partial charge < -0.3 is 10.1 Å². The first-order valence-corrected chi connectivity index (χ1v) is 6.75. The van der Waals surface area contributed by atoms with Crippen LogP contribution in [-0.4, -0.2) is 18.0 Å². The van der Waals surface area contributed by atoms with E-state index in [1.54, 1.807) is 37.6 Å². The molecule has 0 aliphatic heterocycles. The van der Waals surface area contributed by atoms with E-state index in [1.165, 1.54) is 0 Å². The molecule has 5 heteroatoms. The van der Waals surface area contributed by atoms with Crippen molar-refractivity contribution in [3.8, 4) is 5.75 Å². The molecule has 0 atom stereocenters. The molecule has 1 heterocycles. The van der Waals surface area contributed by atoms with Crippen LogP contribution in [0.1, 0.15) is 15.9 Å². The number of pyridine rings is 1. The van der Waals surface area contributed by atoms with Crippen molar-refractivity contribution in [1.82, 2.24) is 4.98 Å². The Labute approximate surface area is 125 Å². The zero-order chi connectivity index (χ0) is 13.8. The summed E-state index contributed by atoms with van der Waals surface area (Å²) in [5.74, 6) is 1.13. The number of benzene rings is 1. The van der Waals surface area contributed by atoms with Crippen molar-refractivity contribution in [2.24, 2.45) is 0 Å². The number of amides is 1. The smallest absolute Gasteiger partial charge is 0.256 e. The summed E-state index contributed by atoms with van der Waals surface area (Å²) in [6.07, 6.45) is 1.72. The summed E-state index contributed by atoms with van der Waals surface area (Å²) in [7, 11) is 1.59. The molecule has 0 radical (unpaired) electrons. The summed E-state index contributed by atoms with van der Waals surface area (Å²) in [5, 5.41) is 2.80. The lowest BCUT2D eigenvalue weighted by Gasteiger charge is -2.08. The fourth-order valence-corrected chi connectivity index (χ4v) is 2.20. The van der Waals surface area contributed by atoms with Gasteiger partial charge in [-0.05, 0) is 65.4 Å². The molecule has 0 unspecified atom stereocenters. The molecule has 0 bridgehead atoms. The van der Waals surface area contributed by atoms with Gasteiger partial charge in [0.15, 0.2) is 0 Å². The number of methoxy groups -OCH3 is 1. The average Bonchev–Trinajstić information content (AvgIpc) is 2.42. The second-order valence-electron chi connectivity index (χ2n) is 4.00. The van der Waals surface area contributed by atoms with E-state index in [0.29, 0.717) is 11.4 Å². The maximum absolute atomic E-state index is 12.1. The van der Waals surface area contributed by atoms with E-state index in [4.69, 9.17) is 4.74 Å². The highest BCUT2D eigenvalue weighted by molar-refractivity contribution is 14.1. The third-order valence-corrected chi connectivity index (χ3v) is 3.22. The van der Waals surface area contributed by atoms with Crippen LogP contribution in [0.4, 0.5) is 5.82 Å². The normalized spacial score (nSPS) is 10.1. The lowest BCUT2D eigenvalue weighted by atomic mass is 10.2. The van der Waals surface area contributed by atoms with Gasteiger partial charge in [-0.1, -0.05) is 0 Å². The number of aromatic nitrogens is 1. The third kappa shape index (κ3) is 3.44. The molecular weight excluding hydrogens is 355 g/mol. The Balaban J connectivity index is 2.15. The lowest BCUT2D eigenvalue weighted by Crippen LogP contribution is -2.13. The van der Waals surface area contributed by atoms with Crippen LogP contribution < -0.4 is 10.1 Å². The van der Waals surface area contributed by atoms with Gasteiger partial charge in [0, 0.05) is 15.3 Å². The van der Waals surface area contributed by atoms with E-state index in [1.807, 2.05) is 13.0 Å². The first kappa shape index (κ1) is 13.8. The zero-order valence-corrected chi connectivity index (χ0v) is 12.8. The van der Waals surface area contributed by atoms with Crippen molar-refractivity contribution >= 4 is 34.3 Å². The average molecular weight is 368 g/mol. The van der Waals surface area contributed by atoms with E-state index < -0.39 is 0 Å². The topological polar surface area (TPSA) is 51.2 Å². The minimum Gasteiger partial charge on any atom is -0.497 e. The van der Waals surface area contributed by atoms with Gasteiger partial charge in [-0.2, -0.15) is 0 Å². The number of carbonyl (C=O) groups excluding carboxylic acids is 1. The quantitative estimate of drug-likeness (QED) is 0.847. The SMILES string of the molecule is COc1ccc(C(=O)Nc2ncc(I)cc2C)cc1. The Morgan fingerprint density at radius 2 is 2.00 bits per heavy atom. The molecule has 1 N–H and O–H groups in total. The summed E-state index contributed by atoms with van der Waals surface area (Å²) in [6.45, 7) is 1.92. The molecule has 1 aromatic heterocycles. The standard InChI is InChI=1S/C14H13IN2O2/c1-9-7-11(15)8-16-13(9)17-14(18)10-3-5-12(19-2)6-4-10/h3-8H,1-2H3,(H,16,17,18). The van der Waals surface area contributed by atoms with Crippen LogP contribution in [0, 0.1) is 10.5 Å². The second-order valence-corrected chi connectivity index (χ2v) is 5.25. The van der Waals surface area contributed by atoms with E-state index in [9.17, 15) is 4.79 Å². The van der Waals surface area contributed by atoms with Gasteiger partial charge in [0.05, 0.1) is 7.11 Å². The first-order valence-electron chi connectivity index (χ1n) is 5.67. The van der Waals surface area contributed by atoms with E-state index in [2.05, 4.69) is 32.9 Å². The largest absolute Gasteiger partial charge is 0.497 e. The highest BCUT2D eigenvalue weighted by atomic mass is 127. The van der Waals surface area contributed by atoms with Crippen molar-refractivity contribution in [2.45, 2.75) is 6.92 Å². The first-order chi connectivity index (χ1) is 9.10. The van der Waals surface area contributed by atoms with Gasteiger partial charge in [0.1, 0.15) is 11.6 Å². The van der Waals surface area contributed by atoms with Gasteiger partial charge >= 0.3 is 0 Å². The number of hydrogen-bond acceptors (Lipinski definition) is 3. The predicted octanol–water partition coefficient (Wildman–Crippen LogP) is 3.26. The second kappa shape index (κ2) is 6.01. The van der Waals surface area contributed by atoms with Crippen LogP contribution in [0.5, 0.6) is 5.75 Å². The van der Waals surface area contributed by atoms with Crippen molar-refractivity contribution in [2.75, 3.05) is 12.4 Å². The van der Waals surface area contributed by atoms with Crippen molar-refractivity contribution < 1.29 is 9.53 Å². The third-order valence-electron chi connectivity index (χ3n) is 2.63. The van der Waals surface area contributed by atoms with Gasteiger partial charge in [-0.25, -0.2) is 4.98 Å². The number of ether oxygens (including phenoxy) is 1. The molecule has 1 amide bonds. The number of aryl methyl sites for hydroxylation is 1. The molecule has 98 valence electrons. The predicted molar refractivity (Wildman–Crippen MR) is 82.6 cm³/mol. The molecule has 2 rings (SSSR count). The molecule has 0 saturated heterocycles. The number of halogens is 1. The van der Waals surface area contributed by atoms with Crippen LogP contribution in [0.15, 0.2) is 36.5 Å². The number of rotatable bonds is 3. The van der Waals surface area contributed by atoms with Crippen LogP contribution in [0.3, 0.4) is 0 Å². The molecule has 0 aliphatic rings. The molecule has 0 fully saturated rings. The number of anilines is 1. The van der Waals surface area contributed by atoms with E-state index in [0.717, 1.165) is 14.9 Å². The minimum atomic E-state index is -0.181. The summed E-state index contributed by atoms with van der Waals surface area (Å²) >= 11 is 2.19. The fraction of sp³-hybridized carbons (Fsp3) is 0.143. The van der Waals surface area contributed by atoms with Crippen molar-refractivity contribution in [3.63, 3.8) is 0 Å². The molecule has 0 aliphatic carbocycles. The summed E-state index contributed by atoms with van der Waals surface area (Å²) in [6, 6.07) is 8.91. The fourth-order valence-electron chi connectivity index (χ4n) is 1.59. The van der Waals surface area contributed by atoms with Gasteiger partial charge in [0.25, 0.3) is 5.91 Å². The Hall–Kier alpha value is -1.63. The van der Waals surface area contributed by atoms with Crippen LogP contribution in [0.2, 0.25) is 0 Å². The van der Waals surface area contributed by atoms with E-state index >= 15 is 0 Å². The maximum Gasteiger partial charge on any atom is 0.256 e. The van der Waals surface area contributed by atoms with Gasteiger partial charge in [-0.3, -0.25) is 4.79 Å². The van der Waals surface area contributed by atoms with Crippen LogP contribution in [0.25, 0.3) is 0 Å². The lowest BCUT2D eigenvalue weighted by molar-refractivity contribution is 0.102. The molecule has 1 aromatic carbocycles. The molecule has 4 nitrogen and oxygen atoms in total. The number of nitrogens with one attached hydrogen (secondary N) is 1. The molecular formula is C14H13IN2O2. The summed E-state index contributed by atoms with van der Waals surface area (Å²) in [4.78, 5) is 16.3. The molecule has 0 saturated carbocycles.